The molecule has 0 aliphatic heterocycles. The van der Waals surface area contributed by atoms with Gasteiger partial charge in [-0.25, -0.2) is 0 Å². The monoisotopic (exact) mass is 202 g/mol. The Morgan fingerprint density at radius 3 is 2.93 bits per heavy atom. The Morgan fingerprint density at radius 1 is 1.21 bits per heavy atom. The number of aromatic amines is 1. The average molecular weight is 202 g/mol. The Kier molecular flexibility index (Phi) is 1.57. The van der Waals surface area contributed by atoms with Crippen molar-refractivity contribution in [2.45, 2.75) is 0 Å². The SMILES string of the molecule is c1ccc2sc(-c3nn[nH]n3)cc2c1. The first-order valence-corrected chi connectivity index (χ1v) is 4.97. The average Bonchev–Trinajstić information content (AvgIpc) is 2.86. The lowest BCUT2D eigenvalue weighted by molar-refractivity contribution is 0.881. The Morgan fingerprint density at radius 2 is 2.14 bits per heavy atom. The number of rotatable bonds is 1. The van der Waals surface area contributed by atoms with Crippen molar-refractivity contribution < 1.29 is 0 Å². The van der Waals surface area contributed by atoms with E-state index in [9.17, 15) is 0 Å². The van der Waals surface area contributed by atoms with Crippen LogP contribution in [0.4, 0.5) is 0 Å². The van der Waals surface area contributed by atoms with Crippen LogP contribution < -0.4 is 0 Å². The van der Waals surface area contributed by atoms with Crippen molar-refractivity contribution in [2.75, 3.05) is 0 Å². The molecular weight excluding hydrogens is 196 g/mol. The third-order valence-electron chi connectivity index (χ3n) is 1.99. The number of hydrogen-bond acceptors (Lipinski definition) is 4. The molecule has 4 nitrogen and oxygen atoms in total. The molecule has 3 rings (SSSR count). The van der Waals surface area contributed by atoms with Gasteiger partial charge in [-0.15, -0.1) is 21.5 Å². The Hall–Kier alpha value is -1.75. The number of benzene rings is 1. The normalized spacial score (nSPS) is 10.9. The first kappa shape index (κ1) is 7.64. The van der Waals surface area contributed by atoms with E-state index in [0.717, 1.165) is 4.88 Å². The fraction of sp³-hybridized carbons (Fsp3) is 0. The predicted molar refractivity (Wildman–Crippen MR) is 55.0 cm³/mol. The summed E-state index contributed by atoms with van der Waals surface area (Å²) in [4.78, 5) is 1.04. The molecule has 1 aromatic carbocycles. The maximum atomic E-state index is 3.94. The van der Waals surface area contributed by atoms with Gasteiger partial charge in [-0.2, -0.15) is 5.21 Å². The largest absolute Gasteiger partial charge is 0.214 e. The number of nitrogens with one attached hydrogen (secondary N) is 1. The summed E-state index contributed by atoms with van der Waals surface area (Å²) in [6.07, 6.45) is 0. The standard InChI is InChI=1S/C9H6N4S/c1-2-4-7-6(3-1)5-8(14-7)9-10-12-13-11-9/h1-5H,(H,10,11,12,13). The lowest BCUT2D eigenvalue weighted by Gasteiger charge is -1.82. The molecule has 0 bridgehead atoms. The van der Waals surface area contributed by atoms with Crippen molar-refractivity contribution >= 4 is 21.4 Å². The molecule has 0 radical (unpaired) electrons. The highest BCUT2D eigenvalue weighted by molar-refractivity contribution is 7.22. The van der Waals surface area contributed by atoms with Gasteiger partial charge in [-0.05, 0) is 22.7 Å². The third kappa shape index (κ3) is 1.10. The van der Waals surface area contributed by atoms with Crippen LogP contribution in [0.2, 0.25) is 0 Å². The van der Waals surface area contributed by atoms with E-state index < -0.39 is 0 Å². The molecule has 0 saturated heterocycles. The second-order valence-corrected chi connectivity index (χ2v) is 3.97. The number of aromatic nitrogens is 4. The molecule has 0 fully saturated rings. The lowest BCUT2D eigenvalue weighted by Crippen LogP contribution is -1.73. The Bertz CT molecular complexity index is 522. The van der Waals surface area contributed by atoms with Crippen molar-refractivity contribution in [3.63, 3.8) is 0 Å². The van der Waals surface area contributed by atoms with Crippen molar-refractivity contribution in [3.05, 3.63) is 30.3 Å². The molecule has 0 aliphatic carbocycles. The molecule has 2 heterocycles. The van der Waals surface area contributed by atoms with Crippen molar-refractivity contribution in [3.8, 4) is 10.7 Å². The minimum absolute atomic E-state index is 0.659. The number of thiophene rings is 1. The number of nitrogens with zero attached hydrogens (tertiary/aromatic N) is 3. The van der Waals surface area contributed by atoms with Crippen LogP contribution in [0.25, 0.3) is 20.8 Å². The van der Waals surface area contributed by atoms with Crippen LogP contribution >= 0.6 is 11.3 Å². The van der Waals surface area contributed by atoms with E-state index in [-0.39, 0.29) is 0 Å². The molecule has 2 aromatic heterocycles. The van der Waals surface area contributed by atoms with Gasteiger partial charge in [0.15, 0.2) is 0 Å². The van der Waals surface area contributed by atoms with Gasteiger partial charge in [0, 0.05) is 4.70 Å². The van der Waals surface area contributed by atoms with E-state index in [1.54, 1.807) is 11.3 Å². The summed E-state index contributed by atoms with van der Waals surface area (Å²) >= 11 is 1.67. The highest BCUT2D eigenvalue weighted by Gasteiger charge is 2.06. The summed E-state index contributed by atoms with van der Waals surface area (Å²) in [5, 5.41) is 15.1. The quantitative estimate of drug-likeness (QED) is 0.657. The Balaban J connectivity index is 2.24. The summed E-state index contributed by atoms with van der Waals surface area (Å²) in [7, 11) is 0. The zero-order valence-electron chi connectivity index (χ0n) is 7.14. The molecular formula is C9H6N4S. The van der Waals surface area contributed by atoms with E-state index in [4.69, 9.17) is 0 Å². The van der Waals surface area contributed by atoms with Crippen LogP contribution in [-0.2, 0) is 0 Å². The van der Waals surface area contributed by atoms with Gasteiger partial charge in [-0.3, -0.25) is 0 Å². The zero-order valence-corrected chi connectivity index (χ0v) is 7.95. The van der Waals surface area contributed by atoms with Gasteiger partial charge in [0.1, 0.15) is 0 Å². The van der Waals surface area contributed by atoms with Gasteiger partial charge in [0.05, 0.1) is 4.88 Å². The van der Waals surface area contributed by atoms with Crippen molar-refractivity contribution in [1.82, 2.24) is 20.6 Å². The van der Waals surface area contributed by atoms with E-state index in [2.05, 4.69) is 38.8 Å². The summed E-state index contributed by atoms with van der Waals surface area (Å²) in [6.45, 7) is 0. The van der Waals surface area contributed by atoms with E-state index >= 15 is 0 Å². The first-order valence-electron chi connectivity index (χ1n) is 4.16. The van der Waals surface area contributed by atoms with Gasteiger partial charge in [0.25, 0.3) is 0 Å². The molecule has 0 spiro atoms. The maximum absolute atomic E-state index is 3.94. The smallest absolute Gasteiger partial charge is 0.177 e. The highest BCUT2D eigenvalue weighted by Crippen LogP contribution is 2.30. The number of H-pyrrole nitrogens is 1. The summed E-state index contributed by atoms with van der Waals surface area (Å²) in [5.74, 6) is 0.659. The second-order valence-electron chi connectivity index (χ2n) is 2.88. The van der Waals surface area contributed by atoms with Crippen LogP contribution in [0.1, 0.15) is 0 Å². The molecule has 0 aliphatic rings. The van der Waals surface area contributed by atoms with E-state index in [1.807, 2.05) is 12.1 Å². The molecule has 0 atom stereocenters. The van der Waals surface area contributed by atoms with Gasteiger partial charge < -0.3 is 0 Å². The van der Waals surface area contributed by atoms with Crippen LogP contribution in [0, 0.1) is 0 Å². The van der Waals surface area contributed by atoms with Crippen molar-refractivity contribution in [2.24, 2.45) is 0 Å². The molecule has 0 amide bonds. The molecule has 0 saturated carbocycles. The number of hydrogen-bond donors (Lipinski definition) is 1. The molecule has 3 aromatic rings. The van der Waals surface area contributed by atoms with E-state index in [0.29, 0.717) is 5.82 Å². The van der Waals surface area contributed by atoms with Crippen molar-refractivity contribution in [1.29, 1.82) is 0 Å². The van der Waals surface area contributed by atoms with Gasteiger partial charge in [-0.1, -0.05) is 18.2 Å². The lowest BCUT2D eigenvalue weighted by atomic mass is 10.2. The molecule has 0 unspecified atom stereocenters. The molecule has 5 heteroatoms. The Labute approximate surface area is 83.6 Å². The first-order chi connectivity index (χ1) is 6.93. The van der Waals surface area contributed by atoms with Crippen LogP contribution in [-0.4, -0.2) is 20.6 Å². The minimum atomic E-state index is 0.659. The van der Waals surface area contributed by atoms with Gasteiger partial charge in [0.2, 0.25) is 5.82 Å². The van der Waals surface area contributed by atoms with Gasteiger partial charge >= 0.3 is 0 Å². The topological polar surface area (TPSA) is 54.5 Å². The van der Waals surface area contributed by atoms with Crippen LogP contribution in [0.5, 0.6) is 0 Å². The summed E-state index contributed by atoms with van der Waals surface area (Å²) in [6, 6.07) is 10.3. The minimum Gasteiger partial charge on any atom is -0.177 e. The van der Waals surface area contributed by atoms with Crippen LogP contribution in [0.15, 0.2) is 30.3 Å². The predicted octanol–water partition coefficient (Wildman–Crippen LogP) is 2.08. The second kappa shape index (κ2) is 2.88. The molecule has 14 heavy (non-hydrogen) atoms. The summed E-state index contributed by atoms with van der Waals surface area (Å²) < 4.78 is 1.24. The number of fused-ring (bicyclic) bond motifs is 1. The fourth-order valence-corrected chi connectivity index (χ4v) is 2.35. The molecule has 1 N–H and O–H groups in total. The fourth-order valence-electron chi connectivity index (χ4n) is 1.36. The highest BCUT2D eigenvalue weighted by atomic mass is 32.1. The zero-order chi connectivity index (χ0) is 9.38. The summed E-state index contributed by atoms with van der Waals surface area (Å²) in [5.41, 5.74) is 0. The number of tetrazole rings is 1. The molecule has 68 valence electrons. The maximum Gasteiger partial charge on any atom is 0.214 e. The van der Waals surface area contributed by atoms with E-state index in [1.165, 1.54) is 10.1 Å². The van der Waals surface area contributed by atoms with Crippen LogP contribution in [0.3, 0.4) is 0 Å². The third-order valence-corrected chi connectivity index (χ3v) is 3.10.